The first-order valence-corrected chi connectivity index (χ1v) is 6.39. The molecule has 6 heteroatoms. The molecule has 20 heavy (non-hydrogen) atoms. The van der Waals surface area contributed by atoms with Gasteiger partial charge in [0.15, 0.2) is 0 Å². The molecule has 2 rings (SSSR count). The number of esters is 1. The summed E-state index contributed by atoms with van der Waals surface area (Å²) in [6.45, 7) is -0.0606. The van der Waals surface area contributed by atoms with Gasteiger partial charge in [-0.15, -0.1) is 0 Å². The monoisotopic (exact) mass is 313 g/mol. The smallest absolute Gasteiger partial charge is 0.338 e. The summed E-state index contributed by atoms with van der Waals surface area (Å²) in [7, 11) is 0. The molecule has 2 N–H and O–H groups in total. The van der Waals surface area contributed by atoms with Crippen LogP contribution in [0.1, 0.15) is 15.9 Å². The predicted octanol–water partition coefficient (Wildman–Crippen LogP) is 4.07. The van der Waals surface area contributed by atoms with E-state index in [0.717, 1.165) is 0 Å². The van der Waals surface area contributed by atoms with Crippen molar-refractivity contribution in [2.24, 2.45) is 0 Å². The first kappa shape index (κ1) is 14.6. The van der Waals surface area contributed by atoms with Crippen LogP contribution in [-0.4, -0.2) is 5.97 Å². The van der Waals surface area contributed by atoms with Gasteiger partial charge in [0, 0.05) is 0 Å². The van der Waals surface area contributed by atoms with E-state index in [1.54, 1.807) is 6.07 Å². The van der Waals surface area contributed by atoms with E-state index in [0.29, 0.717) is 11.3 Å². The zero-order valence-corrected chi connectivity index (χ0v) is 11.7. The molecular weight excluding hydrogens is 304 g/mol. The van der Waals surface area contributed by atoms with Crippen molar-refractivity contribution in [1.29, 1.82) is 0 Å². The summed E-state index contributed by atoms with van der Waals surface area (Å²) < 4.78 is 18.3. The number of hydrogen-bond donors (Lipinski definition) is 1. The van der Waals surface area contributed by atoms with Gasteiger partial charge < -0.3 is 10.5 Å². The fourth-order valence-corrected chi connectivity index (χ4v) is 1.81. The molecule has 0 aromatic heterocycles. The topological polar surface area (TPSA) is 52.3 Å². The van der Waals surface area contributed by atoms with Gasteiger partial charge in [0.05, 0.1) is 21.3 Å². The number of hydrogen-bond acceptors (Lipinski definition) is 3. The van der Waals surface area contributed by atoms with Crippen LogP contribution < -0.4 is 5.73 Å². The van der Waals surface area contributed by atoms with Crippen LogP contribution in [0.15, 0.2) is 36.4 Å². The van der Waals surface area contributed by atoms with Crippen molar-refractivity contribution in [2.45, 2.75) is 6.61 Å². The van der Waals surface area contributed by atoms with Crippen LogP contribution in [0.2, 0.25) is 10.0 Å². The second-order valence-electron chi connectivity index (χ2n) is 4.06. The second kappa shape index (κ2) is 6.11. The second-order valence-corrected chi connectivity index (χ2v) is 4.88. The fraction of sp³-hybridized carbons (Fsp3) is 0.0714. The number of rotatable bonds is 3. The summed E-state index contributed by atoms with van der Waals surface area (Å²) in [6, 6.07) is 8.63. The van der Waals surface area contributed by atoms with Crippen LogP contribution in [0.4, 0.5) is 10.1 Å². The Morgan fingerprint density at radius 2 is 1.90 bits per heavy atom. The van der Waals surface area contributed by atoms with E-state index in [1.807, 2.05) is 0 Å². The number of anilines is 1. The van der Waals surface area contributed by atoms with Gasteiger partial charge in [-0.25, -0.2) is 9.18 Å². The maximum atomic E-state index is 13.2. The number of nitrogens with two attached hydrogens (primary N) is 1. The summed E-state index contributed by atoms with van der Waals surface area (Å²) in [5.41, 5.74) is 6.70. The minimum Gasteiger partial charge on any atom is -0.457 e. The van der Waals surface area contributed by atoms with Gasteiger partial charge >= 0.3 is 5.97 Å². The minimum absolute atomic E-state index is 0.0189. The third-order valence-electron chi connectivity index (χ3n) is 2.59. The zero-order valence-electron chi connectivity index (χ0n) is 10.2. The molecule has 0 bridgehead atoms. The zero-order chi connectivity index (χ0) is 14.7. The number of benzene rings is 2. The van der Waals surface area contributed by atoms with Crippen LogP contribution in [0.5, 0.6) is 0 Å². The lowest BCUT2D eigenvalue weighted by molar-refractivity contribution is 0.0472. The summed E-state index contributed by atoms with van der Waals surface area (Å²) in [4.78, 5) is 11.8. The van der Waals surface area contributed by atoms with Crippen LogP contribution in [0, 0.1) is 5.82 Å². The lowest BCUT2D eigenvalue weighted by atomic mass is 10.2. The van der Waals surface area contributed by atoms with E-state index in [4.69, 9.17) is 33.7 Å². The summed E-state index contributed by atoms with van der Waals surface area (Å²) in [5, 5.41) is 0.294. The number of carbonyl (C=O) groups is 1. The van der Waals surface area contributed by atoms with Gasteiger partial charge in [-0.1, -0.05) is 29.3 Å². The molecule has 0 amide bonds. The van der Waals surface area contributed by atoms with Gasteiger partial charge in [-0.2, -0.15) is 0 Å². The molecule has 3 nitrogen and oxygen atoms in total. The Morgan fingerprint density at radius 3 is 2.55 bits per heavy atom. The van der Waals surface area contributed by atoms with E-state index in [9.17, 15) is 9.18 Å². The van der Waals surface area contributed by atoms with Crippen LogP contribution >= 0.6 is 23.2 Å². The Morgan fingerprint density at radius 1 is 1.15 bits per heavy atom. The average Bonchev–Trinajstić information content (AvgIpc) is 2.43. The van der Waals surface area contributed by atoms with Crippen LogP contribution in [0.25, 0.3) is 0 Å². The molecule has 0 aliphatic heterocycles. The minimum atomic E-state index is -0.567. The average molecular weight is 314 g/mol. The Bertz CT molecular complexity index is 662. The highest BCUT2D eigenvalue weighted by Crippen LogP contribution is 2.21. The summed E-state index contributed by atoms with van der Waals surface area (Å²) in [6.07, 6.45) is 0. The molecule has 0 spiro atoms. The maximum absolute atomic E-state index is 13.2. The Labute approximate surface area is 125 Å². The molecule has 104 valence electrons. The van der Waals surface area contributed by atoms with Gasteiger partial charge in [-0.3, -0.25) is 0 Å². The highest BCUT2D eigenvalue weighted by atomic mass is 35.5. The molecule has 0 saturated carbocycles. The SMILES string of the molecule is Nc1ccc(C(=O)OCc2ccc(Cl)c(F)c2)cc1Cl. The molecule has 0 unspecified atom stereocenters. The van der Waals surface area contributed by atoms with Crippen molar-refractivity contribution >= 4 is 34.9 Å². The molecule has 0 atom stereocenters. The van der Waals surface area contributed by atoms with Crippen LogP contribution in [-0.2, 0) is 11.3 Å². The molecule has 0 aliphatic carbocycles. The Balaban J connectivity index is 2.04. The fourth-order valence-electron chi connectivity index (χ4n) is 1.52. The molecule has 0 saturated heterocycles. The molecule has 2 aromatic rings. The van der Waals surface area contributed by atoms with E-state index in [1.165, 1.54) is 30.3 Å². The normalized spacial score (nSPS) is 10.3. The van der Waals surface area contributed by atoms with Gasteiger partial charge in [0.2, 0.25) is 0 Å². The number of nitrogen functional groups attached to an aromatic ring is 1. The molecule has 2 aromatic carbocycles. The van der Waals surface area contributed by atoms with Crippen molar-refractivity contribution in [3.05, 3.63) is 63.4 Å². The van der Waals surface area contributed by atoms with Gasteiger partial charge in [0.25, 0.3) is 0 Å². The maximum Gasteiger partial charge on any atom is 0.338 e. The highest BCUT2D eigenvalue weighted by Gasteiger charge is 2.10. The standard InChI is InChI=1S/C14H10Cl2FNO2/c15-10-3-1-8(5-12(10)17)7-20-14(19)9-2-4-13(18)11(16)6-9/h1-6H,7,18H2. The molecule has 0 heterocycles. The lowest BCUT2D eigenvalue weighted by Crippen LogP contribution is -2.05. The highest BCUT2D eigenvalue weighted by molar-refractivity contribution is 6.33. The number of ether oxygens (including phenoxy) is 1. The van der Waals surface area contributed by atoms with Crippen molar-refractivity contribution in [3.8, 4) is 0 Å². The quantitative estimate of drug-likeness (QED) is 0.686. The molecular formula is C14H10Cl2FNO2. The molecule has 0 fully saturated rings. The summed E-state index contributed by atoms with van der Waals surface area (Å²) in [5.74, 6) is -1.13. The third kappa shape index (κ3) is 3.40. The van der Waals surface area contributed by atoms with Gasteiger partial charge in [-0.05, 0) is 35.9 Å². The predicted molar refractivity (Wildman–Crippen MR) is 76.4 cm³/mol. The van der Waals surface area contributed by atoms with Crippen LogP contribution in [0.3, 0.4) is 0 Å². The lowest BCUT2D eigenvalue weighted by Gasteiger charge is -2.06. The summed E-state index contributed by atoms with van der Waals surface area (Å²) >= 11 is 11.4. The first-order chi connectivity index (χ1) is 9.47. The molecule has 0 radical (unpaired) electrons. The van der Waals surface area contributed by atoms with Crippen molar-refractivity contribution in [1.82, 2.24) is 0 Å². The van der Waals surface area contributed by atoms with Crippen molar-refractivity contribution in [3.63, 3.8) is 0 Å². The Kier molecular flexibility index (Phi) is 4.47. The van der Waals surface area contributed by atoms with E-state index < -0.39 is 11.8 Å². The Hall–Kier alpha value is -1.78. The number of halogens is 3. The number of carbonyl (C=O) groups excluding carboxylic acids is 1. The first-order valence-electron chi connectivity index (χ1n) is 5.63. The van der Waals surface area contributed by atoms with E-state index >= 15 is 0 Å². The van der Waals surface area contributed by atoms with E-state index in [2.05, 4.69) is 0 Å². The van der Waals surface area contributed by atoms with Crippen molar-refractivity contribution in [2.75, 3.05) is 5.73 Å². The largest absolute Gasteiger partial charge is 0.457 e. The third-order valence-corrected chi connectivity index (χ3v) is 3.22. The van der Waals surface area contributed by atoms with E-state index in [-0.39, 0.29) is 22.2 Å². The van der Waals surface area contributed by atoms with Crippen molar-refractivity contribution < 1.29 is 13.9 Å². The molecule has 0 aliphatic rings. The van der Waals surface area contributed by atoms with Gasteiger partial charge in [0.1, 0.15) is 12.4 Å².